The van der Waals surface area contributed by atoms with Crippen molar-refractivity contribution in [3.63, 3.8) is 0 Å². The molecule has 0 radical (unpaired) electrons. The third-order valence-corrected chi connectivity index (χ3v) is 5.45. The van der Waals surface area contributed by atoms with Crippen LogP contribution in [-0.4, -0.2) is 85.6 Å². The van der Waals surface area contributed by atoms with E-state index in [-0.39, 0.29) is 11.3 Å². The van der Waals surface area contributed by atoms with Gasteiger partial charge in [0.05, 0.1) is 19.8 Å². The minimum Gasteiger partial charge on any atom is -0.379 e. The Morgan fingerprint density at radius 3 is 2.60 bits per heavy atom. The Labute approximate surface area is 150 Å². The van der Waals surface area contributed by atoms with Gasteiger partial charge in [0.2, 0.25) is 5.91 Å². The van der Waals surface area contributed by atoms with Crippen LogP contribution in [0.1, 0.15) is 18.4 Å². The first-order valence-electron chi connectivity index (χ1n) is 9.18. The summed E-state index contributed by atoms with van der Waals surface area (Å²) in [6, 6.07) is 4.18. The van der Waals surface area contributed by atoms with E-state index in [0.29, 0.717) is 6.54 Å². The number of rotatable bonds is 4. The lowest BCUT2D eigenvalue weighted by molar-refractivity contribution is -0.130. The summed E-state index contributed by atoms with van der Waals surface area (Å²) in [7, 11) is 3.65. The van der Waals surface area contributed by atoms with Gasteiger partial charge < -0.3 is 9.64 Å². The number of carbonyl (C=O) groups excluding carboxylic acids is 1. The summed E-state index contributed by atoms with van der Waals surface area (Å²) in [6.45, 7) is 7.02. The average molecular weight is 346 g/mol. The average Bonchev–Trinajstić information content (AvgIpc) is 2.80. The number of pyridine rings is 1. The Kier molecular flexibility index (Phi) is 6.04. The lowest BCUT2D eigenvalue weighted by Gasteiger charge is -2.42. The molecule has 138 valence electrons. The quantitative estimate of drug-likeness (QED) is 0.817. The molecule has 0 unspecified atom stereocenters. The fourth-order valence-corrected chi connectivity index (χ4v) is 3.78. The van der Waals surface area contributed by atoms with E-state index in [4.69, 9.17) is 4.74 Å². The largest absolute Gasteiger partial charge is 0.379 e. The highest BCUT2D eigenvalue weighted by atomic mass is 16.5. The molecule has 0 atom stereocenters. The number of amides is 1. The highest BCUT2D eigenvalue weighted by Gasteiger charge is 2.38. The van der Waals surface area contributed by atoms with Gasteiger partial charge in [-0.3, -0.25) is 19.6 Å². The Hall–Kier alpha value is -1.50. The van der Waals surface area contributed by atoms with E-state index in [1.807, 2.05) is 26.5 Å². The van der Waals surface area contributed by atoms with Crippen LogP contribution in [0.2, 0.25) is 0 Å². The number of aromatic nitrogens is 1. The van der Waals surface area contributed by atoms with Crippen molar-refractivity contribution in [3.05, 3.63) is 30.1 Å². The lowest BCUT2D eigenvalue weighted by Crippen LogP contribution is -2.48. The zero-order valence-corrected chi connectivity index (χ0v) is 15.5. The molecule has 1 aromatic rings. The summed E-state index contributed by atoms with van der Waals surface area (Å²) in [4.78, 5) is 22.6. The second-order valence-corrected chi connectivity index (χ2v) is 7.68. The van der Waals surface area contributed by atoms with Crippen molar-refractivity contribution in [2.24, 2.45) is 5.41 Å². The molecule has 25 heavy (non-hydrogen) atoms. The number of ether oxygens (including phenoxy) is 1. The summed E-state index contributed by atoms with van der Waals surface area (Å²) >= 11 is 0. The van der Waals surface area contributed by atoms with Crippen molar-refractivity contribution in [3.8, 4) is 0 Å². The van der Waals surface area contributed by atoms with Crippen molar-refractivity contribution in [2.75, 3.05) is 60.0 Å². The molecule has 3 heterocycles. The molecular formula is C19H30N4O2. The first-order valence-corrected chi connectivity index (χ1v) is 9.18. The van der Waals surface area contributed by atoms with Gasteiger partial charge in [-0.25, -0.2) is 0 Å². The summed E-state index contributed by atoms with van der Waals surface area (Å²) in [5.74, 6) is 0.173. The summed E-state index contributed by atoms with van der Waals surface area (Å²) < 4.78 is 5.92. The minimum absolute atomic E-state index is 0.173. The standard InChI is InChI=1S/C19H30N4O2/c1-21(2)18(24)14-23-11-12-25-16-19(15-23)5-9-22(10-6-19)13-17-3-7-20-8-4-17/h3-4,7-8H,5-6,9-16H2,1-2H3. The molecular weight excluding hydrogens is 316 g/mol. The maximum atomic E-state index is 12.1. The number of carbonyl (C=O) groups is 1. The van der Waals surface area contributed by atoms with Crippen LogP contribution in [0, 0.1) is 5.41 Å². The first kappa shape index (κ1) is 18.3. The molecule has 0 aromatic carbocycles. The fourth-order valence-electron chi connectivity index (χ4n) is 3.78. The van der Waals surface area contributed by atoms with Crippen LogP contribution in [0.25, 0.3) is 0 Å². The monoisotopic (exact) mass is 346 g/mol. The van der Waals surface area contributed by atoms with Crippen molar-refractivity contribution >= 4 is 5.91 Å². The predicted molar refractivity (Wildman–Crippen MR) is 97.1 cm³/mol. The first-order chi connectivity index (χ1) is 12.1. The third kappa shape index (κ3) is 5.00. The Balaban J connectivity index is 1.55. The predicted octanol–water partition coefficient (Wildman–Crippen LogP) is 1.08. The van der Waals surface area contributed by atoms with Crippen LogP contribution < -0.4 is 0 Å². The smallest absolute Gasteiger partial charge is 0.236 e. The zero-order valence-electron chi connectivity index (χ0n) is 15.5. The highest BCUT2D eigenvalue weighted by Crippen LogP contribution is 2.34. The number of piperidine rings is 1. The molecule has 0 saturated carbocycles. The van der Waals surface area contributed by atoms with E-state index < -0.39 is 0 Å². The van der Waals surface area contributed by atoms with Gasteiger partial charge in [-0.1, -0.05) is 0 Å². The van der Waals surface area contributed by atoms with Crippen molar-refractivity contribution in [1.29, 1.82) is 0 Å². The van der Waals surface area contributed by atoms with Gasteiger partial charge in [0.25, 0.3) is 0 Å². The number of hydrogen-bond acceptors (Lipinski definition) is 5. The van der Waals surface area contributed by atoms with Crippen LogP contribution >= 0.6 is 0 Å². The molecule has 2 fully saturated rings. The Bertz CT molecular complexity index is 556. The van der Waals surface area contributed by atoms with E-state index in [1.54, 1.807) is 4.90 Å². The van der Waals surface area contributed by atoms with E-state index in [2.05, 4.69) is 26.9 Å². The molecule has 0 aliphatic carbocycles. The van der Waals surface area contributed by atoms with Crippen LogP contribution in [0.4, 0.5) is 0 Å². The molecule has 0 bridgehead atoms. The molecule has 1 aromatic heterocycles. The zero-order chi connectivity index (χ0) is 17.7. The maximum absolute atomic E-state index is 12.1. The fraction of sp³-hybridized carbons (Fsp3) is 0.684. The number of nitrogens with zero attached hydrogens (tertiary/aromatic N) is 4. The second-order valence-electron chi connectivity index (χ2n) is 7.68. The van der Waals surface area contributed by atoms with Gasteiger partial charge in [0.15, 0.2) is 0 Å². The summed E-state index contributed by atoms with van der Waals surface area (Å²) in [5, 5.41) is 0. The molecule has 6 heteroatoms. The van der Waals surface area contributed by atoms with Crippen molar-refractivity contribution < 1.29 is 9.53 Å². The summed E-state index contributed by atoms with van der Waals surface area (Å²) in [5.41, 5.74) is 1.51. The van der Waals surface area contributed by atoms with Crippen LogP contribution in [-0.2, 0) is 16.1 Å². The van der Waals surface area contributed by atoms with Gasteiger partial charge in [0.1, 0.15) is 0 Å². The highest BCUT2D eigenvalue weighted by molar-refractivity contribution is 5.77. The topological polar surface area (TPSA) is 48.9 Å². The molecule has 2 aliphatic rings. The van der Waals surface area contributed by atoms with E-state index in [9.17, 15) is 4.79 Å². The van der Waals surface area contributed by atoms with E-state index in [0.717, 1.165) is 58.8 Å². The van der Waals surface area contributed by atoms with Gasteiger partial charge in [-0.15, -0.1) is 0 Å². The van der Waals surface area contributed by atoms with Crippen LogP contribution in [0.3, 0.4) is 0 Å². The Morgan fingerprint density at radius 1 is 1.20 bits per heavy atom. The van der Waals surface area contributed by atoms with Gasteiger partial charge in [-0.05, 0) is 43.6 Å². The van der Waals surface area contributed by atoms with Crippen molar-refractivity contribution in [2.45, 2.75) is 19.4 Å². The Morgan fingerprint density at radius 2 is 1.92 bits per heavy atom. The van der Waals surface area contributed by atoms with Gasteiger partial charge >= 0.3 is 0 Å². The molecule has 6 nitrogen and oxygen atoms in total. The second kappa shape index (κ2) is 8.25. The van der Waals surface area contributed by atoms with Gasteiger partial charge in [-0.2, -0.15) is 0 Å². The number of likely N-dealkylation sites (N-methyl/N-ethyl adjacent to an activating group) is 1. The number of likely N-dealkylation sites (tertiary alicyclic amines) is 1. The minimum atomic E-state index is 0.173. The van der Waals surface area contributed by atoms with E-state index >= 15 is 0 Å². The maximum Gasteiger partial charge on any atom is 0.236 e. The summed E-state index contributed by atoms with van der Waals surface area (Å²) in [6.07, 6.45) is 5.98. The molecule has 2 aliphatic heterocycles. The van der Waals surface area contributed by atoms with Crippen LogP contribution in [0.15, 0.2) is 24.5 Å². The van der Waals surface area contributed by atoms with E-state index in [1.165, 1.54) is 5.56 Å². The molecule has 1 amide bonds. The lowest BCUT2D eigenvalue weighted by atomic mass is 9.78. The van der Waals surface area contributed by atoms with Gasteiger partial charge in [0, 0.05) is 51.5 Å². The van der Waals surface area contributed by atoms with Crippen LogP contribution in [0.5, 0.6) is 0 Å². The molecule has 1 spiro atoms. The van der Waals surface area contributed by atoms with Crippen molar-refractivity contribution in [1.82, 2.24) is 19.7 Å². The molecule has 3 rings (SSSR count). The SMILES string of the molecule is CN(C)C(=O)CN1CCOCC2(CCN(Cc3ccncc3)CC2)C1. The number of hydrogen-bond donors (Lipinski definition) is 0. The third-order valence-electron chi connectivity index (χ3n) is 5.45. The molecule has 0 N–H and O–H groups in total. The normalized spacial score (nSPS) is 21.8. The molecule has 2 saturated heterocycles.